The van der Waals surface area contributed by atoms with E-state index in [2.05, 4.69) is 10.3 Å². The lowest BCUT2D eigenvalue weighted by molar-refractivity contribution is -0.121. The predicted molar refractivity (Wildman–Crippen MR) is 91.2 cm³/mol. The van der Waals surface area contributed by atoms with Gasteiger partial charge in [-0.1, -0.05) is 36.8 Å². The lowest BCUT2D eigenvalue weighted by atomic mass is 10.1. The first-order valence-corrected chi connectivity index (χ1v) is 8.67. The van der Waals surface area contributed by atoms with E-state index in [9.17, 15) is 9.90 Å². The van der Waals surface area contributed by atoms with Gasteiger partial charge in [0.1, 0.15) is 0 Å². The Morgan fingerprint density at radius 2 is 2.12 bits per heavy atom. The van der Waals surface area contributed by atoms with E-state index < -0.39 is 0 Å². The summed E-state index contributed by atoms with van der Waals surface area (Å²) in [5.41, 5.74) is 1.00. The summed E-state index contributed by atoms with van der Waals surface area (Å²) in [4.78, 5) is 16.2. The molecule has 1 fully saturated rings. The van der Waals surface area contributed by atoms with Crippen LogP contribution in [-0.4, -0.2) is 28.6 Å². The first-order chi connectivity index (χ1) is 11.7. The van der Waals surface area contributed by atoms with E-state index in [4.69, 9.17) is 4.42 Å². The number of hydrogen-bond acceptors (Lipinski definition) is 4. The molecule has 0 aliphatic heterocycles. The highest BCUT2D eigenvalue weighted by atomic mass is 16.4. The number of nitrogens with zero attached hydrogens (tertiary/aromatic N) is 1. The van der Waals surface area contributed by atoms with Crippen LogP contribution in [0.3, 0.4) is 0 Å². The SMILES string of the molecule is O=C(CCCc1ncc(-c2ccccc2)o1)NCC1CCCC1O. The van der Waals surface area contributed by atoms with Gasteiger partial charge < -0.3 is 14.8 Å². The number of benzene rings is 1. The third-order valence-corrected chi connectivity index (χ3v) is 4.59. The van der Waals surface area contributed by atoms with E-state index in [0.717, 1.165) is 30.6 Å². The number of amides is 1. The minimum Gasteiger partial charge on any atom is -0.441 e. The van der Waals surface area contributed by atoms with Crippen molar-refractivity contribution in [1.82, 2.24) is 10.3 Å². The van der Waals surface area contributed by atoms with Crippen molar-refractivity contribution >= 4 is 5.91 Å². The Bertz CT molecular complexity index is 654. The van der Waals surface area contributed by atoms with Crippen molar-refractivity contribution in [3.8, 4) is 11.3 Å². The van der Waals surface area contributed by atoms with Gasteiger partial charge in [-0.3, -0.25) is 4.79 Å². The number of nitrogens with one attached hydrogen (secondary N) is 1. The molecule has 1 aromatic carbocycles. The molecular weight excluding hydrogens is 304 g/mol. The molecule has 2 N–H and O–H groups in total. The molecule has 24 heavy (non-hydrogen) atoms. The zero-order valence-electron chi connectivity index (χ0n) is 13.8. The third kappa shape index (κ3) is 4.45. The standard InChI is InChI=1S/C19H24N2O3/c22-16-9-4-8-15(16)12-20-18(23)10-5-11-19-21-13-17(24-19)14-6-2-1-3-7-14/h1-3,6-7,13,15-16,22H,4-5,8-12H2,(H,20,23). The number of carbonyl (C=O) groups is 1. The highest BCUT2D eigenvalue weighted by Crippen LogP contribution is 2.24. The van der Waals surface area contributed by atoms with Crippen LogP contribution in [0.2, 0.25) is 0 Å². The van der Waals surface area contributed by atoms with Crippen molar-refractivity contribution in [2.75, 3.05) is 6.54 Å². The molecule has 1 aromatic heterocycles. The van der Waals surface area contributed by atoms with Gasteiger partial charge in [-0.05, 0) is 19.3 Å². The van der Waals surface area contributed by atoms with E-state index in [0.29, 0.717) is 31.7 Å². The van der Waals surface area contributed by atoms with Crippen LogP contribution in [0.25, 0.3) is 11.3 Å². The first-order valence-electron chi connectivity index (χ1n) is 8.67. The number of aryl methyl sites for hydroxylation is 1. The summed E-state index contributed by atoms with van der Waals surface area (Å²) >= 11 is 0. The monoisotopic (exact) mass is 328 g/mol. The zero-order valence-corrected chi connectivity index (χ0v) is 13.8. The molecule has 128 valence electrons. The molecule has 0 saturated heterocycles. The molecule has 2 atom stereocenters. The smallest absolute Gasteiger partial charge is 0.220 e. The Morgan fingerprint density at radius 1 is 1.29 bits per heavy atom. The molecule has 3 rings (SSSR count). The normalized spacial score (nSPS) is 20.2. The second kappa shape index (κ2) is 8.11. The largest absolute Gasteiger partial charge is 0.441 e. The van der Waals surface area contributed by atoms with Crippen molar-refractivity contribution in [3.63, 3.8) is 0 Å². The highest BCUT2D eigenvalue weighted by molar-refractivity contribution is 5.75. The fraction of sp³-hybridized carbons (Fsp3) is 0.474. The third-order valence-electron chi connectivity index (χ3n) is 4.59. The molecule has 5 heteroatoms. The summed E-state index contributed by atoms with van der Waals surface area (Å²) in [5.74, 6) is 1.66. The van der Waals surface area contributed by atoms with Crippen molar-refractivity contribution in [2.24, 2.45) is 5.92 Å². The van der Waals surface area contributed by atoms with Crippen molar-refractivity contribution in [2.45, 2.75) is 44.6 Å². The number of aromatic nitrogens is 1. The van der Waals surface area contributed by atoms with Gasteiger partial charge in [0, 0.05) is 30.9 Å². The summed E-state index contributed by atoms with van der Waals surface area (Å²) in [6.45, 7) is 0.581. The number of carbonyl (C=O) groups excluding carboxylic acids is 1. The zero-order chi connectivity index (χ0) is 16.8. The number of aliphatic hydroxyl groups is 1. The molecular formula is C19H24N2O3. The molecule has 1 heterocycles. The molecule has 2 aromatic rings. The fourth-order valence-electron chi connectivity index (χ4n) is 3.15. The van der Waals surface area contributed by atoms with Crippen LogP contribution in [0.4, 0.5) is 0 Å². The predicted octanol–water partition coefficient (Wildman–Crippen LogP) is 2.94. The lowest BCUT2D eigenvalue weighted by Crippen LogP contribution is -2.32. The van der Waals surface area contributed by atoms with Crippen LogP contribution < -0.4 is 5.32 Å². The average molecular weight is 328 g/mol. The number of rotatable bonds is 7. The molecule has 1 amide bonds. The van der Waals surface area contributed by atoms with Crippen LogP contribution >= 0.6 is 0 Å². The minimum absolute atomic E-state index is 0.0314. The maximum Gasteiger partial charge on any atom is 0.220 e. The van der Waals surface area contributed by atoms with Crippen molar-refractivity contribution < 1.29 is 14.3 Å². The highest BCUT2D eigenvalue weighted by Gasteiger charge is 2.25. The van der Waals surface area contributed by atoms with Crippen molar-refractivity contribution in [1.29, 1.82) is 0 Å². The minimum atomic E-state index is -0.256. The number of aliphatic hydroxyl groups excluding tert-OH is 1. The van der Waals surface area contributed by atoms with Gasteiger partial charge in [-0.25, -0.2) is 4.98 Å². The summed E-state index contributed by atoms with van der Waals surface area (Å²) in [6, 6.07) is 9.85. The Kier molecular flexibility index (Phi) is 5.64. The topological polar surface area (TPSA) is 75.4 Å². The Hall–Kier alpha value is -2.14. The van der Waals surface area contributed by atoms with E-state index in [1.807, 2.05) is 30.3 Å². The summed E-state index contributed by atoms with van der Waals surface area (Å²) in [5, 5.41) is 12.7. The van der Waals surface area contributed by atoms with E-state index in [1.54, 1.807) is 6.20 Å². The van der Waals surface area contributed by atoms with Gasteiger partial charge in [0.05, 0.1) is 12.3 Å². The van der Waals surface area contributed by atoms with Crippen LogP contribution in [0, 0.1) is 5.92 Å². The number of oxazole rings is 1. The average Bonchev–Trinajstić information content (AvgIpc) is 3.23. The fourth-order valence-corrected chi connectivity index (χ4v) is 3.15. The lowest BCUT2D eigenvalue weighted by Gasteiger charge is -2.14. The first kappa shape index (κ1) is 16.7. The van der Waals surface area contributed by atoms with Gasteiger partial charge in [-0.2, -0.15) is 0 Å². The maximum atomic E-state index is 11.9. The molecule has 5 nitrogen and oxygen atoms in total. The second-order valence-corrected chi connectivity index (χ2v) is 6.40. The molecule has 0 bridgehead atoms. The van der Waals surface area contributed by atoms with E-state index in [1.165, 1.54) is 0 Å². The van der Waals surface area contributed by atoms with Crippen molar-refractivity contribution in [3.05, 3.63) is 42.4 Å². The molecule has 1 aliphatic rings. The maximum absolute atomic E-state index is 11.9. The van der Waals surface area contributed by atoms with E-state index in [-0.39, 0.29) is 17.9 Å². The summed E-state index contributed by atoms with van der Waals surface area (Å²) in [6.07, 6.45) is 6.18. The molecule has 0 spiro atoms. The van der Waals surface area contributed by atoms with Crippen LogP contribution in [0.5, 0.6) is 0 Å². The number of hydrogen-bond donors (Lipinski definition) is 2. The molecule has 1 saturated carbocycles. The van der Waals surface area contributed by atoms with Crippen LogP contribution in [-0.2, 0) is 11.2 Å². The van der Waals surface area contributed by atoms with E-state index >= 15 is 0 Å². The van der Waals surface area contributed by atoms with Crippen LogP contribution in [0.15, 0.2) is 40.9 Å². The summed E-state index contributed by atoms with van der Waals surface area (Å²) < 4.78 is 5.73. The summed E-state index contributed by atoms with van der Waals surface area (Å²) in [7, 11) is 0. The van der Waals surface area contributed by atoms with Crippen LogP contribution in [0.1, 0.15) is 38.0 Å². The van der Waals surface area contributed by atoms with Gasteiger partial charge in [-0.15, -0.1) is 0 Å². The Balaban J connectivity index is 1.39. The molecule has 2 unspecified atom stereocenters. The Morgan fingerprint density at radius 3 is 2.88 bits per heavy atom. The second-order valence-electron chi connectivity index (χ2n) is 6.40. The van der Waals surface area contributed by atoms with Gasteiger partial charge >= 0.3 is 0 Å². The Labute approximate surface area is 142 Å². The quantitative estimate of drug-likeness (QED) is 0.819. The molecule has 1 aliphatic carbocycles. The van der Waals surface area contributed by atoms with Gasteiger partial charge in [0.25, 0.3) is 0 Å². The van der Waals surface area contributed by atoms with Gasteiger partial charge in [0.2, 0.25) is 5.91 Å². The molecule has 0 radical (unpaired) electrons. The van der Waals surface area contributed by atoms with Gasteiger partial charge in [0.15, 0.2) is 11.7 Å².